The van der Waals surface area contributed by atoms with Crippen molar-refractivity contribution in [3.05, 3.63) is 65.1 Å². The minimum absolute atomic E-state index is 0.175. The fourth-order valence-corrected chi connectivity index (χ4v) is 5.02. The number of anilines is 1. The molecule has 1 aliphatic carbocycles. The van der Waals surface area contributed by atoms with Crippen LogP contribution in [0.4, 0.5) is 5.82 Å². The molecule has 33 heavy (non-hydrogen) atoms. The van der Waals surface area contributed by atoms with Gasteiger partial charge in [0.05, 0.1) is 5.92 Å². The summed E-state index contributed by atoms with van der Waals surface area (Å²) in [5, 5.41) is 4.15. The number of allylic oxidation sites excluding steroid dienone is 1. The highest BCUT2D eigenvalue weighted by atomic mass is 35.5. The molecule has 2 heterocycles. The van der Waals surface area contributed by atoms with Crippen molar-refractivity contribution in [1.29, 1.82) is 0 Å². The van der Waals surface area contributed by atoms with Gasteiger partial charge in [-0.1, -0.05) is 36.7 Å². The molecule has 4 rings (SSSR count). The molecule has 1 aliphatic heterocycles. The first-order valence-corrected chi connectivity index (χ1v) is 12.4. The lowest BCUT2D eigenvalue weighted by molar-refractivity contribution is -0.133. The number of rotatable bonds is 9. The molecular formula is C26H34ClN5O. The zero-order valence-electron chi connectivity index (χ0n) is 19.5. The second-order valence-electron chi connectivity index (χ2n) is 9.05. The largest absolute Gasteiger partial charge is 0.353 e. The van der Waals surface area contributed by atoms with Gasteiger partial charge in [0.25, 0.3) is 0 Å². The summed E-state index contributed by atoms with van der Waals surface area (Å²) >= 11 is 6.09. The summed E-state index contributed by atoms with van der Waals surface area (Å²) in [5.41, 5.74) is 3.50. The van der Waals surface area contributed by atoms with E-state index in [9.17, 15) is 4.79 Å². The van der Waals surface area contributed by atoms with E-state index in [0.29, 0.717) is 30.6 Å². The molecule has 0 bridgehead atoms. The number of nitrogens with zero attached hydrogens (tertiary/aromatic N) is 4. The number of piperazine rings is 1. The van der Waals surface area contributed by atoms with Gasteiger partial charge in [0, 0.05) is 49.0 Å². The second kappa shape index (κ2) is 11.1. The number of benzene rings is 1. The van der Waals surface area contributed by atoms with Crippen molar-refractivity contribution >= 4 is 23.3 Å². The maximum atomic E-state index is 13.6. The van der Waals surface area contributed by atoms with Crippen LogP contribution in [0.1, 0.15) is 54.8 Å². The smallest absolute Gasteiger partial charge is 0.231 e. The quantitative estimate of drug-likeness (QED) is 0.443. The summed E-state index contributed by atoms with van der Waals surface area (Å²) in [4.78, 5) is 27.0. The zero-order valence-corrected chi connectivity index (χ0v) is 20.2. The Bertz CT molecular complexity index is 956. The van der Waals surface area contributed by atoms with Gasteiger partial charge in [0.1, 0.15) is 12.1 Å². The van der Waals surface area contributed by atoms with Gasteiger partial charge >= 0.3 is 0 Å². The SMILES string of the molecule is C=CCCCNCC(C(=O)N1CCN(c2ncnc3c2C(C)CC3)CC1)c1ccc(Cl)cc1. The fraction of sp³-hybridized carbons (Fsp3) is 0.500. The Morgan fingerprint density at radius 3 is 2.73 bits per heavy atom. The predicted octanol–water partition coefficient (Wildman–Crippen LogP) is 4.17. The molecule has 2 unspecified atom stereocenters. The van der Waals surface area contributed by atoms with Gasteiger partial charge in [0.15, 0.2) is 0 Å². The van der Waals surface area contributed by atoms with Crippen LogP contribution >= 0.6 is 11.6 Å². The lowest BCUT2D eigenvalue weighted by Crippen LogP contribution is -2.51. The van der Waals surface area contributed by atoms with Crippen LogP contribution in [-0.4, -0.2) is 60.0 Å². The van der Waals surface area contributed by atoms with E-state index in [0.717, 1.165) is 56.7 Å². The molecule has 2 aliphatic rings. The monoisotopic (exact) mass is 467 g/mol. The van der Waals surface area contributed by atoms with Crippen LogP contribution in [-0.2, 0) is 11.2 Å². The Balaban J connectivity index is 1.42. The lowest BCUT2D eigenvalue weighted by atomic mass is 9.96. The lowest BCUT2D eigenvalue weighted by Gasteiger charge is -2.38. The average molecular weight is 468 g/mol. The molecule has 0 saturated carbocycles. The van der Waals surface area contributed by atoms with Gasteiger partial charge in [-0.3, -0.25) is 4.79 Å². The minimum atomic E-state index is -0.221. The fourth-order valence-electron chi connectivity index (χ4n) is 4.89. The molecular weight excluding hydrogens is 434 g/mol. The van der Waals surface area contributed by atoms with Crippen LogP contribution < -0.4 is 10.2 Å². The summed E-state index contributed by atoms with van der Waals surface area (Å²) in [6.45, 7) is 10.5. The normalized spacial score (nSPS) is 18.8. The Morgan fingerprint density at radius 1 is 1.24 bits per heavy atom. The third kappa shape index (κ3) is 5.56. The van der Waals surface area contributed by atoms with E-state index in [2.05, 4.69) is 33.7 Å². The van der Waals surface area contributed by atoms with Crippen molar-refractivity contribution in [2.24, 2.45) is 0 Å². The van der Waals surface area contributed by atoms with Crippen molar-refractivity contribution in [2.75, 3.05) is 44.2 Å². The Morgan fingerprint density at radius 2 is 2.00 bits per heavy atom. The van der Waals surface area contributed by atoms with E-state index in [1.54, 1.807) is 6.33 Å². The van der Waals surface area contributed by atoms with Gasteiger partial charge in [-0.25, -0.2) is 9.97 Å². The highest BCUT2D eigenvalue weighted by Gasteiger charge is 2.31. The summed E-state index contributed by atoms with van der Waals surface area (Å²) in [6, 6.07) is 7.67. The molecule has 1 N–H and O–H groups in total. The van der Waals surface area contributed by atoms with Crippen LogP contribution in [0.2, 0.25) is 5.02 Å². The van der Waals surface area contributed by atoms with Crippen molar-refractivity contribution in [3.63, 3.8) is 0 Å². The topological polar surface area (TPSA) is 61.4 Å². The number of aryl methyl sites for hydroxylation is 1. The van der Waals surface area contributed by atoms with Crippen molar-refractivity contribution in [1.82, 2.24) is 20.2 Å². The van der Waals surface area contributed by atoms with E-state index in [4.69, 9.17) is 11.6 Å². The Labute approximate surface area is 202 Å². The molecule has 1 aromatic carbocycles. The number of amides is 1. The molecule has 1 amide bonds. The van der Waals surface area contributed by atoms with Gasteiger partial charge in [-0.05, 0) is 55.8 Å². The number of halogens is 1. The summed E-state index contributed by atoms with van der Waals surface area (Å²) in [5.74, 6) is 1.52. The van der Waals surface area contributed by atoms with Crippen LogP contribution in [0, 0.1) is 0 Å². The van der Waals surface area contributed by atoms with Crippen LogP contribution in [0.25, 0.3) is 0 Å². The molecule has 1 aromatic heterocycles. The molecule has 1 saturated heterocycles. The number of fused-ring (bicyclic) bond motifs is 1. The number of carbonyl (C=O) groups excluding carboxylic acids is 1. The van der Waals surface area contributed by atoms with E-state index in [1.165, 1.54) is 11.3 Å². The standard InChI is InChI=1S/C26H34ClN5O/c1-3-4-5-12-28-17-22(20-7-9-21(27)10-8-20)26(33)32-15-13-31(14-16-32)25-24-19(2)6-11-23(24)29-18-30-25/h3,7-10,18-19,22,28H,1,4-6,11-17H2,2H3. The maximum absolute atomic E-state index is 13.6. The first-order chi connectivity index (χ1) is 16.1. The van der Waals surface area contributed by atoms with Crippen LogP contribution in [0.15, 0.2) is 43.2 Å². The van der Waals surface area contributed by atoms with E-state index < -0.39 is 0 Å². The summed E-state index contributed by atoms with van der Waals surface area (Å²) < 4.78 is 0. The highest BCUT2D eigenvalue weighted by Crippen LogP contribution is 2.37. The van der Waals surface area contributed by atoms with E-state index in [1.807, 2.05) is 35.2 Å². The van der Waals surface area contributed by atoms with Crippen molar-refractivity contribution in [3.8, 4) is 0 Å². The average Bonchev–Trinajstić information content (AvgIpc) is 3.23. The summed E-state index contributed by atoms with van der Waals surface area (Å²) in [7, 11) is 0. The first-order valence-electron chi connectivity index (χ1n) is 12.0. The molecule has 2 aromatic rings. The molecule has 6 nitrogen and oxygen atoms in total. The van der Waals surface area contributed by atoms with Crippen LogP contribution in [0.3, 0.4) is 0 Å². The van der Waals surface area contributed by atoms with Gasteiger partial charge in [-0.2, -0.15) is 0 Å². The zero-order chi connectivity index (χ0) is 23.2. The molecule has 2 atom stereocenters. The van der Waals surface area contributed by atoms with Gasteiger partial charge in [0.2, 0.25) is 5.91 Å². The van der Waals surface area contributed by atoms with E-state index >= 15 is 0 Å². The molecule has 176 valence electrons. The molecule has 7 heteroatoms. The second-order valence-corrected chi connectivity index (χ2v) is 9.49. The number of hydrogen-bond acceptors (Lipinski definition) is 5. The van der Waals surface area contributed by atoms with Crippen molar-refractivity contribution < 1.29 is 4.79 Å². The minimum Gasteiger partial charge on any atom is -0.353 e. The maximum Gasteiger partial charge on any atom is 0.231 e. The third-order valence-corrected chi connectivity index (χ3v) is 7.08. The van der Waals surface area contributed by atoms with Crippen molar-refractivity contribution in [2.45, 2.75) is 44.4 Å². The number of unbranched alkanes of at least 4 members (excludes halogenated alkanes) is 1. The van der Waals surface area contributed by atoms with E-state index in [-0.39, 0.29) is 11.8 Å². The highest BCUT2D eigenvalue weighted by molar-refractivity contribution is 6.30. The molecule has 0 spiro atoms. The number of carbonyl (C=O) groups is 1. The predicted molar refractivity (Wildman–Crippen MR) is 134 cm³/mol. The Kier molecular flexibility index (Phi) is 7.99. The summed E-state index contributed by atoms with van der Waals surface area (Å²) in [6.07, 6.45) is 7.79. The number of nitrogens with one attached hydrogen (secondary N) is 1. The Hall–Kier alpha value is -2.44. The molecule has 1 fully saturated rings. The molecule has 0 radical (unpaired) electrons. The van der Waals surface area contributed by atoms with Gasteiger partial charge in [-0.15, -0.1) is 6.58 Å². The third-order valence-electron chi connectivity index (χ3n) is 6.82. The first kappa shape index (κ1) is 23.7. The van der Waals surface area contributed by atoms with Crippen LogP contribution in [0.5, 0.6) is 0 Å². The number of aromatic nitrogens is 2. The number of hydrogen-bond donors (Lipinski definition) is 1. The van der Waals surface area contributed by atoms with Gasteiger partial charge < -0.3 is 15.1 Å².